The van der Waals surface area contributed by atoms with E-state index in [2.05, 4.69) is 5.10 Å². The van der Waals surface area contributed by atoms with E-state index < -0.39 is 12.0 Å². The highest BCUT2D eigenvalue weighted by Gasteiger charge is 2.32. The van der Waals surface area contributed by atoms with E-state index in [0.29, 0.717) is 16.4 Å². The zero-order valence-electron chi connectivity index (χ0n) is 8.89. The second-order valence-electron chi connectivity index (χ2n) is 3.96. The van der Waals surface area contributed by atoms with Crippen LogP contribution in [-0.4, -0.2) is 21.7 Å². The fourth-order valence-corrected chi connectivity index (χ4v) is 1.57. The van der Waals surface area contributed by atoms with Crippen LogP contribution in [0.1, 0.15) is 18.2 Å². The summed E-state index contributed by atoms with van der Waals surface area (Å²) in [5, 5.41) is 4.40. The summed E-state index contributed by atoms with van der Waals surface area (Å²) in [6.07, 6.45) is -2.57. The fraction of sp³-hybridized carbons (Fsp3) is 0.667. The van der Waals surface area contributed by atoms with Gasteiger partial charge in [0.05, 0.1) is 11.2 Å². The van der Waals surface area contributed by atoms with Crippen LogP contribution in [0.3, 0.4) is 0 Å². The summed E-state index contributed by atoms with van der Waals surface area (Å²) in [7, 11) is 1.66. The van der Waals surface area contributed by atoms with Crippen molar-refractivity contribution in [1.29, 1.82) is 0 Å². The Hall–Kier alpha value is -0.680. The van der Waals surface area contributed by atoms with Gasteiger partial charge < -0.3 is 5.73 Å². The first-order valence-corrected chi connectivity index (χ1v) is 4.88. The molecule has 0 aliphatic heterocycles. The molecule has 1 rings (SSSR count). The summed E-state index contributed by atoms with van der Waals surface area (Å²) in [6, 6.07) is 0. The molecule has 0 saturated carbocycles. The van der Waals surface area contributed by atoms with E-state index in [-0.39, 0.29) is 6.42 Å². The predicted octanol–water partition coefficient (Wildman–Crippen LogP) is 1.91. The van der Waals surface area contributed by atoms with Gasteiger partial charge in [-0.3, -0.25) is 4.68 Å². The lowest BCUT2D eigenvalue weighted by Gasteiger charge is -2.23. The molecular weight excluding hydrogens is 224 g/mol. The maximum absolute atomic E-state index is 12.6. The van der Waals surface area contributed by atoms with Crippen molar-refractivity contribution in [1.82, 2.24) is 9.78 Å². The Morgan fingerprint density at radius 1 is 1.60 bits per heavy atom. The number of aryl methyl sites for hydroxylation is 2. The van der Waals surface area contributed by atoms with Gasteiger partial charge in [0, 0.05) is 19.0 Å². The molecule has 0 radical (unpaired) electrons. The van der Waals surface area contributed by atoms with Gasteiger partial charge in [0.15, 0.2) is 0 Å². The highest BCUT2D eigenvalue weighted by Crippen LogP contribution is 2.25. The Labute approximate surface area is 92.2 Å². The van der Waals surface area contributed by atoms with Gasteiger partial charge in [-0.25, -0.2) is 8.78 Å². The van der Waals surface area contributed by atoms with E-state index in [1.165, 1.54) is 11.6 Å². The van der Waals surface area contributed by atoms with Crippen LogP contribution in [0, 0.1) is 6.92 Å². The largest absolute Gasteiger partial charge is 0.320 e. The quantitative estimate of drug-likeness (QED) is 0.873. The number of hydrogen-bond donors (Lipinski definition) is 1. The number of hydrogen-bond acceptors (Lipinski definition) is 2. The zero-order chi connectivity index (χ0) is 11.8. The van der Waals surface area contributed by atoms with Crippen LogP contribution in [0.4, 0.5) is 8.78 Å². The summed E-state index contributed by atoms with van der Waals surface area (Å²) < 4.78 is 26.6. The number of rotatable bonds is 3. The van der Waals surface area contributed by atoms with Gasteiger partial charge in [-0.2, -0.15) is 5.10 Å². The molecule has 0 aliphatic rings. The number of nitrogens with two attached hydrogens (primary N) is 1. The number of aromatic nitrogens is 2. The van der Waals surface area contributed by atoms with Crippen molar-refractivity contribution < 1.29 is 8.78 Å². The minimum absolute atomic E-state index is 0.0170. The van der Waals surface area contributed by atoms with Crippen molar-refractivity contribution in [3.8, 4) is 0 Å². The van der Waals surface area contributed by atoms with Crippen LogP contribution in [0.25, 0.3) is 0 Å². The van der Waals surface area contributed by atoms with Crippen LogP contribution in [0.5, 0.6) is 0 Å². The van der Waals surface area contributed by atoms with Crippen LogP contribution in [0.2, 0.25) is 5.15 Å². The van der Waals surface area contributed by atoms with Crippen molar-refractivity contribution in [2.24, 2.45) is 12.8 Å². The Morgan fingerprint density at radius 3 is 2.47 bits per heavy atom. The summed E-state index contributed by atoms with van der Waals surface area (Å²) in [4.78, 5) is 0. The Bertz CT molecular complexity index is 360. The lowest BCUT2D eigenvalue weighted by Crippen LogP contribution is -2.46. The average Bonchev–Trinajstić information content (AvgIpc) is 2.32. The van der Waals surface area contributed by atoms with Gasteiger partial charge in [0.1, 0.15) is 5.15 Å². The van der Waals surface area contributed by atoms with Crippen molar-refractivity contribution >= 4 is 11.6 Å². The third-order valence-corrected chi connectivity index (χ3v) is 2.80. The first kappa shape index (κ1) is 12.4. The van der Waals surface area contributed by atoms with E-state index in [0.717, 1.165) is 0 Å². The molecule has 6 heteroatoms. The van der Waals surface area contributed by atoms with Crippen molar-refractivity contribution in [3.05, 3.63) is 16.4 Å². The molecule has 1 atom stereocenters. The molecule has 0 amide bonds. The third-order valence-electron chi connectivity index (χ3n) is 2.33. The standard InChI is InChI=1S/C9H14ClF2N3/c1-5-6(7(10)15(3)14-5)4-9(2,13)8(11)12/h8H,4,13H2,1-3H3. The highest BCUT2D eigenvalue weighted by molar-refractivity contribution is 6.30. The monoisotopic (exact) mass is 237 g/mol. The van der Waals surface area contributed by atoms with Gasteiger partial charge in [0.25, 0.3) is 6.43 Å². The van der Waals surface area contributed by atoms with Crippen LogP contribution < -0.4 is 5.73 Å². The van der Waals surface area contributed by atoms with E-state index >= 15 is 0 Å². The minimum Gasteiger partial charge on any atom is -0.320 e. The molecule has 1 aromatic heterocycles. The van der Waals surface area contributed by atoms with Gasteiger partial charge in [-0.1, -0.05) is 11.6 Å². The second-order valence-corrected chi connectivity index (χ2v) is 4.32. The van der Waals surface area contributed by atoms with E-state index in [1.54, 1.807) is 14.0 Å². The molecule has 15 heavy (non-hydrogen) atoms. The normalized spacial score (nSPS) is 15.7. The molecule has 3 nitrogen and oxygen atoms in total. The van der Waals surface area contributed by atoms with E-state index in [1.807, 2.05) is 0 Å². The molecule has 0 saturated heterocycles. The highest BCUT2D eigenvalue weighted by atomic mass is 35.5. The molecule has 0 aromatic carbocycles. The summed E-state index contributed by atoms with van der Waals surface area (Å²) >= 11 is 5.92. The third kappa shape index (κ3) is 2.46. The molecule has 0 spiro atoms. The molecular formula is C9H14ClF2N3. The van der Waals surface area contributed by atoms with Crippen LogP contribution in [0.15, 0.2) is 0 Å². The topological polar surface area (TPSA) is 43.8 Å². The molecule has 0 fully saturated rings. The smallest absolute Gasteiger partial charge is 0.256 e. The first-order valence-electron chi connectivity index (χ1n) is 4.50. The van der Waals surface area contributed by atoms with Gasteiger partial charge in [-0.15, -0.1) is 0 Å². The summed E-state index contributed by atoms with van der Waals surface area (Å²) in [5.74, 6) is 0. The molecule has 1 aromatic rings. The minimum atomic E-state index is -2.59. The summed E-state index contributed by atoms with van der Waals surface area (Å²) in [5.41, 5.74) is 5.15. The molecule has 86 valence electrons. The Balaban J connectivity index is 2.99. The van der Waals surface area contributed by atoms with Gasteiger partial charge in [-0.05, 0) is 13.8 Å². The number of halogens is 3. The van der Waals surface area contributed by atoms with Crippen LogP contribution in [-0.2, 0) is 13.5 Å². The average molecular weight is 238 g/mol. The number of alkyl halides is 2. The molecule has 0 aliphatic carbocycles. The Kier molecular flexibility index (Phi) is 3.35. The lowest BCUT2D eigenvalue weighted by molar-refractivity contribution is 0.0639. The van der Waals surface area contributed by atoms with Crippen LogP contribution >= 0.6 is 11.6 Å². The second kappa shape index (κ2) is 4.06. The van der Waals surface area contributed by atoms with Crippen molar-refractivity contribution in [2.75, 3.05) is 0 Å². The van der Waals surface area contributed by atoms with Crippen molar-refractivity contribution in [2.45, 2.75) is 32.2 Å². The Morgan fingerprint density at radius 2 is 2.13 bits per heavy atom. The van der Waals surface area contributed by atoms with Gasteiger partial charge >= 0.3 is 0 Å². The molecule has 0 bridgehead atoms. The SMILES string of the molecule is Cc1nn(C)c(Cl)c1CC(C)(N)C(F)F. The lowest BCUT2D eigenvalue weighted by atomic mass is 9.95. The molecule has 1 unspecified atom stereocenters. The number of nitrogens with zero attached hydrogens (tertiary/aromatic N) is 2. The first-order chi connectivity index (χ1) is 6.75. The predicted molar refractivity (Wildman–Crippen MR) is 55.3 cm³/mol. The summed E-state index contributed by atoms with van der Waals surface area (Å²) in [6.45, 7) is 3.03. The molecule has 2 N–H and O–H groups in total. The molecule has 1 heterocycles. The van der Waals surface area contributed by atoms with Crippen molar-refractivity contribution in [3.63, 3.8) is 0 Å². The van der Waals surface area contributed by atoms with E-state index in [9.17, 15) is 8.78 Å². The maximum atomic E-state index is 12.6. The van der Waals surface area contributed by atoms with Gasteiger partial charge in [0.2, 0.25) is 0 Å². The maximum Gasteiger partial charge on any atom is 0.256 e. The van der Waals surface area contributed by atoms with E-state index in [4.69, 9.17) is 17.3 Å². The zero-order valence-corrected chi connectivity index (χ0v) is 9.65. The fourth-order valence-electron chi connectivity index (χ4n) is 1.33.